The number of aromatic nitrogens is 1. The molecule has 32 heavy (non-hydrogen) atoms. The van der Waals surface area contributed by atoms with Crippen molar-refractivity contribution in [1.82, 2.24) is 9.88 Å². The summed E-state index contributed by atoms with van der Waals surface area (Å²) in [6.45, 7) is -0.0398. The van der Waals surface area contributed by atoms with Crippen LogP contribution >= 0.6 is 34.7 Å². The molecule has 0 saturated carbocycles. The van der Waals surface area contributed by atoms with E-state index in [2.05, 4.69) is 4.98 Å². The Morgan fingerprint density at radius 1 is 1.12 bits per heavy atom. The number of ether oxygens (including phenoxy) is 1. The molecule has 2 aromatic carbocycles. The number of nitrogens with zero attached hydrogens (tertiary/aromatic N) is 2. The van der Waals surface area contributed by atoms with Crippen LogP contribution in [0.2, 0.25) is 5.02 Å². The third kappa shape index (κ3) is 4.57. The zero-order chi connectivity index (χ0) is 22.7. The minimum atomic E-state index is -0.982. The lowest BCUT2D eigenvalue weighted by molar-refractivity contribution is -0.149. The molecular weight excluding hydrogens is 468 g/mol. The van der Waals surface area contributed by atoms with E-state index < -0.39 is 23.8 Å². The van der Waals surface area contributed by atoms with Crippen molar-refractivity contribution in [2.75, 3.05) is 12.0 Å². The van der Waals surface area contributed by atoms with Gasteiger partial charge in [0, 0.05) is 16.0 Å². The number of carbonyl (C=O) groups excluding carboxylic acids is 3. The third-order valence-electron chi connectivity index (χ3n) is 5.01. The standard InChI is InChI=1S/C23H19ClN2O4S2/c1-31-11-10-19(26-21(27)17-4-2-3-5-18(17)22(26)28)23(29)30-12-16-13-32-20(25-16)14-6-8-15(24)9-7-14/h2-9,13,19H,10-12H2,1H3. The summed E-state index contributed by atoms with van der Waals surface area (Å²) in [6, 6.07) is 12.9. The molecule has 0 aliphatic carbocycles. The number of imide groups is 1. The second-order valence-electron chi connectivity index (χ2n) is 7.08. The van der Waals surface area contributed by atoms with Crippen molar-refractivity contribution in [3.05, 3.63) is 75.8 Å². The first kappa shape index (κ1) is 22.5. The van der Waals surface area contributed by atoms with Crippen LogP contribution in [0.1, 0.15) is 32.8 Å². The Hall–Kier alpha value is -2.68. The van der Waals surface area contributed by atoms with Crippen molar-refractivity contribution in [3.8, 4) is 10.6 Å². The van der Waals surface area contributed by atoms with E-state index in [1.54, 1.807) is 36.4 Å². The number of thiazole rings is 1. The monoisotopic (exact) mass is 486 g/mol. The van der Waals surface area contributed by atoms with Crippen molar-refractivity contribution in [2.45, 2.75) is 19.1 Å². The van der Waals surface area contributed by atoms with Crippen LogP contribution in [0, 0.1) is 0 Å². The van der Waals surface area contributed by atoms with E-state index in [1.807, 2.05) is 23.8 Å². The summed E-state index contributed by atoms with van der Waals surface area (Å²) in [5.41, 5.74) is 2.14. The highest BCUT2D eigenvalue weighted by Crippen LogP contribution is 2.28. The van der Waals surface area contributed by atoms with Crippen molar-refractivity contribution in [2.24, 2.45) is 0 Å². The summed E-state index contributed by atoms with van der Waals surface area (Å²) in [4.78, 5) is 44.2. The van der Waals surface area contributed by atoms with Crippen LogP contribution in [0.4, 0.5) is 0 Å². The third-order valence-corrected chi connectivity index (χ3v) is 6.85. The van der Waals surface area contributed by atoms with Crippen LogP contribution in [0.3, 0.4) is 0 Å². The quantitative estimate of drug-likeness (QED) is 0.332. The number of hydrogen-bond donors (Lipinski definition) is 0. The fourth-order valence-corrected chi connectivity index (χ4v) is 4.81. The van der Waals surface area contributed by atoms with Gasteiger partial charge in [0.25, 0.3) is 11.8 Å². The first-order valence-corrected chi connectivity index (χ1v) is 12.5. The topological polar surface area (TPSA) is 76.6 Å². The second-order valence-corrected chi connectivity index (χ2v) is 9.36. The highest BCUT2D eigenvalue weighted by molar-refractivity contribution is 7.98. The molecule has 1 unspecified atom stereocenters. The van der Waals surface area contributed by atoms with Gasteiger partial charge < -0.3 is 4.74 Å². The number of carbonyl (C=O) groups is 3. The Balaban J connectivity index is 1.47. The zero-order valence-corrected chi connectivity index (χ0v) is 19.5. The molecular formula is C23H19ClN2O4S2. The Morgan fingerprint density at radius 3 is 2.41 bits per heavy atom. The van der Waals surface area contributed by atoms with Gasteiger partial charge in [0.15, 0.2) is 0 Å². The minimum Gasteiger partial charge on any atom is -0.458 e. The summed E-state index contributed by atoms with van der Waals surface area (Å²) in [7, 11) is 0. The van der Waals surface area contributed by atoms with E-state index in [1.165, 1.54) is 23.1 Å². The SMILES string of the molecule is CSCCC(C(=O)OCc1csc(-c2ccc(Cl)cc2)n1)N1C(=O)c2ccccc2C1=O. The summed E-state index contributed by atoms with van der Waals surface area (Å²) in [5, 5.41) is 3.24. The number of rotatable bonds is 8. The Morgan fingerprint density at radius 2 is 1.78 bits per heavy atom. The van der Waals surface area contributed by atoms with Crippen molar-refractivity contribution < 1.29 is 19.1 Å². The summed E-state index contributed by atoms with van der Waals surface area (Å²) in [6.07, 6.45) is 2.22. The molecule has 0 fully saturated rings. The van der Waals surface area contributed by atoms with E-state index in [-0.39, 0.29) is 6.61 Å². The van der Waals surface area contributed by atoms with Crippen LogP contribution < -0.4 is 0 Å². The van der Waals surface area contributed by atoms with Gasteiger partial charge in [-0.15, -0.1) is 11.3 Å². The number of thioether (sulfide) groups is 1. The van der Waals surface area contributed by atoms with Crippen LogP contribution in [0.15, 0.2) is 53.9 Å². The Labute approximate surface area is 198 Å². The molecule has 0 radical (unpaired) electrons. The van der Waals surface area contributed by atoms with Gasteiger partial charge in [-0.1, -0.05) is 35.9 Å². The molecule has 6 nitrogen and oxygen atoms in total. The van der Waals surface area contributed by atoms with E-state index in [9.17, 15) is 14.4 Å². The molecule has 3 aromatic rings. The van der Waals surface area contributed by atoms with E-state index in [0.29, 0.717) is 34.0 Å². The molecule has 0 spiro atoms. The average molecular weight is 487 g/mol. The normalized spacial score (nSPS) is 13.9. The molecule has 4 rings (SSSR count). The van der Waals surface area contributed by atoms with Gasteiger partial charge >= 0.3 is 5.97 Å². The molecule has 9 heteroatoms. The van der Waals surface area contributed by atoms with E-state index in [0.717, 1.165) is 15.5 Å². The zero-order valence-electron chi connectivity index (χ0n) is 17.1. The first-order chi connectivity index (χ1) is 15.5. The predicted octanol–water partition coefficient (Wildman–Crippen LogP) is 4.92. The molecule has 164 valence electrons. The van der Waals surface area contributed by atoms with Crippen LogP contribution in [0.5, 0.6) is 0 Å². The molecule has 1 atom stereocenters. The number of hydrogen-bond acceptors (Lipinski definition) is 7. The summed E-state index contributed by atoms with van der Waals surface area (Å²) in [5.74, 6) is -0.945. The van der Waals surface area contributed by atoms with E-state index >= 15 is 0 Å². The Kier molecular flexibility index (Phi) is 6.93. The molecule has 0 bridgehead atoms. The lowest BCUT2D eigenvalue weighted by atomic mass is 10.1. The number of benzene rings is 2. The molecule has 0 saturated heterocycles. The lowest BCUT2D eigenvalue weighted by Crippen LogP contribution is -2.46. The highest BCUT2D eigenvalue weighted by Gasteiger charge is 2.43. The number of esters is 1. The van der Waals surface area contributed by atoms with Gasteiger partial charge in [0.05, 0.1) is 16.8 Å². The largest absolute Gasteiger partial charge is 0.458 e. The predicted molar refractivity (Wildman–Crippen MR) is 126 cm³/mol. The number of fused-ring (bicyclic) bond motifs is 1. The van der Waals surface area contributed by atoms with Crippen molar-refractivity contribution >= 4 is 52.5 Å². The van der Waals surface area contributed by atoms with Crippen LogP contribution in [-0.2, 0) is 16.1 Å². The van der Waals surface area contributed by atoms with Crippen LogP contribution in [-0.4, -0.2) is 45.7 Å². The van der Waals surface area contributed by atoms with E-state index in [4.69, 9.17) is 16.3 Å². The summed E-state index contributed by atoms with van der Waals surface area (Å²) >= 11 is 8.90. The minimum absolute atomic E-state index is 0.0398. The lowest BCUT2D eigenvalue weighted by Gasteiger charge is -2.24. The van der Waals surface area contributed by atoms with Gasteiger partial charge in [-0.3, -0.25) is 14.5 Å². The maximum Gasteiger partial charge on any atom is 0.329 e. The maximum absolute atomic E-state index is 12.9. The summed E-state index contributed by atoms with van der Waals surface area (Å²) < 4.78 is 5.49. The fraction of sp³-hybridized carbons (Fsp3) is 0.217. The average Bonchev–Trinajstić information content (AvgIpc) is 3.37. The maximum atomic E-state index is 12.9. The molecule has 2 amide bonds. The number of halogens is 1. The van der Waals surface area contributed by atoms with Gasteiger partial charge in [-0.05, 0) is 42.7 Å². The van der Waals surface area contributed by atoms with Gasteiger partial charge in [0.1, 0.15) is 17.7 Å². The first-order valence-electron chi connectivity index (χ1n) is 9.82. The molecule has 1 aliphatic heterocycles. The molecule has 1 aliphatic rings. The second kappa shape index (κ2) is 9.85. The van der Waals surface area contributed by atoms with Gasteiger partial charge in [0.2, 0.25) is 0 Å². The van der Waals surface area contributed by atoms with Gasteiger partial charge in [-0.25, -0.2) is 9.78 Å². The fourth-order valence-electron chi connectivity index (χ4n) is 3.41. The van der Waals surface area contributed by atoms with Crippen LogP contribution in [0.25, 0.3) is 10.6 Å². The smallest absolute Gasteiger partial charge is 0.329 e. The molecule has 1 aromatic heterocycles. The van der Waals surface area contributed by atoms with Gasteiger partial charge in [-0.2, -0.15) is 11.8 Å². The molecule has 0 N–H and O–H groups in total. The highest BCUT2D eigenvalue weighted by atomic mass is 35.5. The van der Waals surface area contributed by atoms with Crippen molar-refractivity contribution in [3.63, 3.8) is 0 Å². The number of amides is 2. The Bertz CT molecular complexity index is 1130. The molecule has 2 heterocycles. The van der Waals surface area contributed by atoms with Crippen molar-refractivity contribution in [1.29, 1.82) is 0 Å².